The highest BCUT2D eigenvalue weighted by Gasteiger charge is 2.42. The smallest absolute Gasteiger partial charge is 0.273 e. The molecule has 0 bridgehead atoms. The van der Waals surface area contributed by atoms with Crippen LogP contribution in [0.15, 0.2) is 30.3 Å². The molecule has 4 rings (SSSR count). The summed E-state index contributed by atoms with van der Waals surface area (Å²) in [5.74, 6) is 1.20. The van der Waals surface area contributed by atoms with Crippen LogP contribution >= 0.6 is 0 Å². The minimum Gasteiger partial charge on any atom is -0.507 e. The van der Waals surface area contributed by atoms with Crippen molar-refractivity contribution in [2.24, 2.45) is 0 Å². The molecule has 0 saturated heterocycles. The number of amides is 1. The highest BCUT2D eigenvalue weighted by Crippen LogP contribution is 2.46. The zero-order valence-corrected chi connectivity index (χ0v) is 21.4. The molecule has 1 unspecified atom stereocenters. The van der Waals surface area contributed by atoms with Crippen LogP contribution in [0.1, 0.15) is 71.4 Å². The van der Waals surface area contributed by atoms with Gasteiger partial charge in [0.15, 0.2) is 11.5 Å². The lowest BCUT2D eigenvalue weighted by Gasteiger charge is -2.27. The first-order valence-electron chi connectivity index (χ1n) is 12.5. The number of carbonyl (C=O) groups is 1. The number of methoxy groups -OCH3 is 1. The average molecular weight is 494 g/mol. The fraction of sp³-hybridized carbons (Fsp3) is 0.429. The fourth-order valence-corrected chi connectivity index (χ4v) is 4.87. The molecule has 0 spiro atoms. The number of aromatic hydroxyl groups is 1. The summed E-state index contributed by atoms with van der Waals surface area (Å²) in [5.41, 5.74) is 4.78. The summed E-state index contributed by atoms with van der Waals surface area (Å²) in [6.07, 6.45) is 3.63. The van der Waals surface area contributed by atoms with Crippen LogP contribution in [0.3, 0.4) is 0 Å². The van der Waals surface area contributed by atoms with Gasteiger partial charge in [0.25, 0.3) is 5.91 Å². The van der Waals surface area contributed by atoms with Crippen LogP contribution in [0.5, 0.6) is 17.2 Å². The Morgan fingerprint density at radius 1 is 1.11 bits per heavy atom. The number of hydrogen-bond donors (Lipinski definition) is 3. The number of aliphatic hydroxyl groups is 1. The van der Waals surface area contributed by atoms with E-state index in [4.69, 9.17) is 9.47 Å². The van der Waals surface area contributed by atoms with Gasteiger partial charge in [0.2, 0.25) is 0 Å². The van der Waals surface area contributed by atoms with Crippen molar-refractivity contribution >= 4 is 5.91 Å². The molecule has 1 atom stereocenters. The van der Waals surface area contributed by atoms with Gasteiger partial charge in [-0.25, -0.2) is 0 Å². The first-order valence-corrected chi connectivity index (χ1v) is 12.5. The van der Waals surface area contributed by atoms with Crippen LogP contribution in [0.25, 0.3) is 11.3 Å². The van der Waals surface area contributed by atoms with Crippen LogP contribution in [0.4, 0.5) is 0 Å². The van der Waals surface area contributed by atoms with Gasteiger partial charge in [-0.2, -0.15) is 5.10 Å². The number of H-pyrrole nitrogens is 1. The zero-order valence-electron chi connectivity index (χ0n) is 21.4. The number of rotatable bonds is 11. The standard InChI is InChI=1S/C28H35N3O5/c1-5-6-7-13-36-21-10-9-19(16-22(21)35-4)26-23-24(20-15-17(2)14-18(3)27(20)33)29-30-25(23)28(34)31(26)11-8-12-32/h9-10,14-16,26,32-33H,5-8,11-13H2,1-4H3,(H,29,30). The Morgan fingerprint density at radius 3 is 2.64 bits per heavy atom. The number of aromatic nitrogens is 2. The number of fused-ring (bicyclic) bond motifs is 1. The average Bonchev–Trinajstić information content (AvgIpc) is 3.41. The lowest BCUT2D eigenvalue weighted by Crippen LogP contribution is -2.31. The number of aromatic amines is 1. The summed E-state index contributed by atoms with van der Waals surface area (Å²) in [7, 11) is 1.60. The van der Waals surface area contributed by atoms with E-state index in [0.717, 1.165) is 36.0 Å². The van der Waals surface area contributed by atoms with E-state index in [2.05, 4.69) is 17.1 Å². The van der Waals surface area contributed by atoms with Crippen LogP contribution < -0.4 is 9.47 Å². The molecule has 192 valence electrons. The van der Waals surface area contributed by atoms with Crippen LogP contribution in [-0.4, -0.2) is 58.1 Å². The van der Waals surface area contributed by atoms with Crippen molar-refractivity contribution in [2.45, 2.75) is 52.5 Å². The minimum absolute atomic E-state index is 0.0265. The second-order valence-corrected chi connectivity index (χ2v) is 9.28. The second-order valence-electron chi connectivity index (χ2n) is 9.28. The molecule has 1 aliphatic rings. The van der Waals surface area contributed by atoms with Crippen molar-refractivity contribution in [1.82, 2.24) is 15.1 Å². The minimum atomic E-state index is -0.462. The van der Waals surface area contributed by atoms with Gasteiger partial charge in [-0.1, -0.05) is 31.9 Å². The van der Waals surface area contributed by atoms with Gasteiger partial charge in [0.1, 0.15) is 17.1 Å². The van der Waals surface area contributed by atoms with E-state index < -0.39 is 6.04 Å². The van der Waals surface area contributed by atoms with Crippen molar-refractivity contribution in [2.75, 3.05) is 26.9 Å². The number of aliphatic hydroxyl groups excluding tert-OH is 1. The van der Waals surface area contributed by atoms with Crippen LogP contribution in [0.2, 0.25) is 0 Å². The number of phenols is 1. The summed E-state index contributed by atoms with van der Waals surface area (Å²) in [6, 6.07) is 9.04. The maximum Gasteiger partial charge on any atom is 0.273 e. The van der Waals surface area contributed by atoms with Crippen molar-refractivity contribution < 1.29 is 24.5 Å². The Hall–Kier alpha value is -3.52. The summed E-state index contributed by atoms with van der Waals surface area (Å²) in [6.45, 7) is 6.91. The number of aryl methyl sites for hydroxylation is 2. The molecule has 8 heteroatoms. The predicted molar refractivity (Wildman–Crippen MR) is 138 cm³/mol. The fourth-order valence-electron chi connectivity index (χ4n) is 4.87. The van der Waals surface area contributed by atoms with Gasteiger partial charge in [0.05, 0.1) is 19.8 Å². The molecule has 0 radical (unpaired) electrons. The summed E-state index contributed by atoms with van der Waals surface area (Å²) in [4.78, 5) is 15.2. The zero-order chi connectivity index (χ0) is 25.8. The number of nitrogens with zero attached hydrogens (tertiary/aromatic N) is 2. The van der Waals surface area contributed by atoms with Crippen molar-refractivity contribution in [3.63, 3.8) is 0 Å². The Labute approximate surface area is 211 Å². The van der Waals surface area contributed by atoms with Crippen LogP contribution in [0, 0.1) is 13.8 Å². The van der Waals surface area contributed by atoms with Crippen LogP contribution in [-0.2, 0) is 0 Å². The molecule has 8 nitrogen and oxygen atoms in total. The third kappa shape index (κ3) is 4.78. The van der Waals surface area contributed by atoms with Crippen molar-refractivity contribution in [3.8, 4) is 28.5 Å². The molecular weight excluding hydrogens is 458 g/mol. The molecule has 1 aromatic heterocycles. The van der Waals surface area contributed by atoms with Crippen molar-refractivity contribution in [3.05, 3.63) is 58.3 Å². The first-order chi connectivity index (χ1) is 17.4. The highest BCUT2D eigenvalue weighted by atomic mass is 16.5. The monoisotopic (exact) mass is 493 g/mol. The lowest BCUT2D eigenvalue weighted by molar-refractivity contribution is 0.0732. The molecule has 36 heavy (non-hydrogen) atoms. The van der Waals surface area contributed by atoms with E-state index in [-0.39, 0.29) is 18.3 Å². The van der Waals surface area contributed by atoms with Gasteiger partial charge >= 0.3 is 0 Å². The lowest BCUT2D eigenvalue weighted by atomic mass is 9.94. The maximum atomic E-state index is 13.4. The van der Waals surface area contributed by atoms with E-state index in [1.54, 1.807) is 12.0 Å². The Morgan fingerprint density at radius 2 is 1.92 bits per heavy atom. The van der Waals surface area contributed by atoms with Gasteiger partial charge in [-0.3, -0.25) is 9.89 Å². The normalized spacial score (nSPS) is 14.9. The Kier molecular flexibility index (Phi) is 7.84. The van der Waals surface area contributed by atoms with Gasteiger partial charge < -0.3 is 24.6 Å². The molecule has 0 saturated carbocycles. The van der Waals surface area contributed by atoms with Crippen molar-refractivity contribution in [1.29, 1.82) is 0 Å². The Balaban J connectivity index is 1.80. The SMILES string of the molecule is CCCCCOc1ccc(C2c3c(-c4cc(C)cc(C)c4O)n[nH]c3C(=O)N2CCCO)cc1OC. The number of hydrogen-bond acceptors (Lipinski definition) is 6. The van der Waals surface area contributed by atoms with Gasteiger partial charge in [-0.05, 0) is 61.6 Å². The molecule has 2 aromatic carbocycles. The van der Waals surface area contributed by atoms with E-state index >= 15 is 0 Å². The topological polar surface area (TPSA) is 108 Å². The quantitative estimate of drug-likeness (QED) is 0.328. The largest absolute Gasteiger partial charge is 0.507 e. The van der Waals surface area contributed by atoms with Gasteiger partial charge in [0, 0.05) is 24.3 Å². The Bertz CT molecular complexity index is 1240. The molecular formula is C28H35N3O5. The molecule has 3 aromatic rings. The maximum absolute atomic E-state index is 13.4. The van der Waals surface area contributed by atoms with E-state index in [1.165, 1.54) is 0 Å². The van der Waals surface area contributed by atoms with E-state index in [9.17, 15) is 15.0 Å². The van der Waals surface area contributed by atoms with E-state index in [0.29, 0.717) is 53.6 Å². The molecule has 2 heterocycles. The number of nitrogens with one attached hydrogen (secondary N) is 1. The molecule has 3 N–H and O–H groups in total. The predicted octanol–water partition coefficient (Wildman–Crippen LogP) is 4.90. The van der Waals surface area contributed by atoms with Gasteiger partial charge in [-0.15, -0.1) is 0 Å². The first kappa shape index (κ1) is 25.6. The third-order valence-corrected chi connectivity index (χ3v) is 6.63. The summed E-state index contributed by atoms with van der Waals surface area (Å²) < 4.78 is 11.6. The number of carbonyl (C=O) groups excluding carboxylic acids is 1. The number of benzene rings is 2. The highest BCUT2D eigenvalue weighted by molar-refractivity contribution is 6.00. The number of phenolic OH excluding ortho intramolecular Hbond substituents is 1. The molecule has 1 amide bonds. The molecule has 1 aliphatic heterocycles. The summed E-state index contributed by atoms with van der Waals surface area (Å²) >= 11 is 0. The molecule has 0 aliphatic carbocycles. The number of unbranched alkanes of at least 4 members (excludes halogenated alkanes) is 2. The second kappa shape index (κ2) is 11.0. The number of ether oxygens (including phenoxy) is 2. The van der Waals surface area contributed by atoms with E-state index in [1.807, 2.05) is 44.2 Å². The summed E-state index contributed by atoms with van der Waals surface area (Å²) in [5, 5.41) is 27.7. The third-order valence-electron chi connectivity index (χ3n) is 6.63. The molecule has 0 fully saturated rings.